The largest absolute Gasteiger partial charge is 0.397 e. The molecule has 2 N–H and O–H groups in total. The number of likely N-dealkylation sites (tertiary alicyclic amines) is 1. The molecule has 0 saturated carbocycles. The highest BCUT2D eigenvalue weighted by atomic mass is 16.5. The molecule has 1 aliphatic heterocycles. The van der Waals surface area contributed by atoms with E-state index in [0.29, 0.717) is 18.3 Å². The Morgan fingerprint density at radius 3 is 2.61 bits per heavy atom. The van der Waals surface area contributed by atoms with E-state index in [-0.39, 0.29) is 5.60 Å². The zero-order chi connectivity index (χ0) is 19.7. The molecule has 0 spiro atoms. The quantitative estimate of drug-likeness (QED) is 0.732. The number of anilines is 1. The number of nitrogen functional groups attached to an aromatic ring is 1. The molecule has 4 heterocycles. The zero-order valence-electron chi connectivity index (χ0n) is 16.9. The summed E-state index contributed by atoms with van der Waals surface area (Å²) in [4.78, 5) is 7.27. The number of hydrogen-bond acceptors (Lipinski definition) is 5. The van der Waals surface area contributed by atoms with Crippen LogP contribution in [0.25, 0.3) is 16.8 Å². The zero-order valence-corrected chi connectivity index (χ0v) is 16.9. The molecular weight excluding hydrogens is 350 g/mol. The fourth-order valence-corrected chi connectivity index (χ4v) is 4.20. The first-order valence-electron chi connectivity index (χ1n) is 10.1. The Labute approximate surface area is 166 Å². The van der Waals surface area contributed by atoms with Crippen LogP contribution in [0.5, 0.6) is 0 Å². The maximum atomic E-state index is 6.30. The van der Waals surface area contributed by atoms with Crippen LogP contribution in [0.3, 0.4) is 0 Å². The SMILES string of the molecule is CCOC1(c2ccc(-c3cc4c(N)ccnn4c3)nc2)CCN(C(C)C)CC1. The highest BCUT2D eigenvalue weighted by molar-refractivity contribution is 5.76. The van der Waals surface area contributed by atoms with Gasteiger partial charge in [0.2, 0.25) is 0 Å². The van der Waals surface area contributed by atoms with Crippen molar-refractivity contribution >= 4 is 11.2 Å². The van der Waals surface area contributed by atoms with Gasteiger partial charge in [-0.15, -0.1) is 0 Å². The minimum absolute atomic E-state index is 0.233. The van der Waals surface area contributed by atoms with Crippen molar-refractivity contribution in [1.82, 2.24) is 19.5 Å². The van der Waals surface area contributed by atoms with Crippen LogP contribution in [0.2, 0.25) is 0 Å². The van der Waals surface area contributed by atoms with Crippen LogP contribution in [0.4, 0.5) is 5.69 Å². The lowest BCUT2D eigenvalue weighted by Crippen LogP contribution is -2.46. The van der Waals surface area contributed by atoms with Crippen molar-refractivity contribution < 1.29 is 4.74 Å². The van der Waals surface area contributed by atoms with Crippen molar-refractivity contribution in [2.45, 2.75) is 45.3 Å². The summed E-state index contributed by atoms with van der Waals surface area (Å²) in [5, 5.41) is 4.32. The van der Waals surface area contributed by atoms with E-state index in [1.807, 2.05) is 24.5 Å². The number of aromatic nitrogens is 3. The van der Waals surface area contributed by atoms with Crippen molar-refractivity contribution in [3.05, 3.63) is 48.4 Å². The number of fused-ring (bicyclic) bond motifs is 1. The predicted molar refractivity (Wildman–Crippen MR) is 112 cm³/mol. The molecule has 0 radical (unpaired) electrons. The number of nitrogens with two attached hydrogens (primary N) is 1. The maximum absolute atomic E-state index is 6.30. The fourth-order valence-electron chi connectivity index (χ4n) is 4.20. The average Bonchev–Trinajstić information content (AvgIpc) is 3.14. The van der Waals surface area contributed by atoms with Gasteiger partial charge in [0.25, 0.3) is 0 Å². The van der Waals surface area contributed by atoms with Gasteiger partial charge in [-0.2, -0.15) is 5.10 Å². The molecule has 1 aliphatic rings. The van der Waals surface area contributed by atoms with Gasteiger partial charge >= 0.3 is 0 Å². The molecule has 3 aromatic rings. The molecular formula is C22H29N5O. The number of pyridine rings is 1. The van der Waals surface area contributed by atoms with E-state index in [2.05, 4.69) is 42.9 Å². The predicted octanol–water partition coefficient (Wildman–Crippen LogP) is 3.71. The van der Waals surface area contributed by atoms with E-state index in [4.69, 9.17) is 15.5 Å². The van der Waals surface area contributed by atoms with E-state index < -0.39 is 0 Å². The third kappa shape index (κ3) is 3.38. The van der Waals surface area contributed by atoms with Gasteiger partial charge in [-0.3, -0.25) is 4.98 Å². The first-order valence-corrected chi connectivity index (χ1v) is 10.1. The number of piperidine rings is 1. The molecule has 6 heteroatoms. The summed E-state index contributed by atoms with van der Waals surface area (Å²) in [7, 11) is 0. The molecule has 0 aliphatic carbocycles. The van der Waals surface area contributed by atoms with Gasteiger partial charge in [-0.1, -0.05) is 6.07 Å². The summed E-state index contributed by atoms with van der Waals surface area (Å²) in [6.45, 7) is 9.40. The molecule has 148 valence electrons. The molecule has 0 atom stereocenters. The lowest BCUT2D eigenvalue weighted by molar-refractivity contribution is -0.0888. The van der Waals surface area contributed by atoms with Gasteiger partial charge in [0.05, 0.1) is 22.5 Å². The average molecular weight is 380 g/mol. The summed E-state index contributed by atoms with van der Waals surface area (Å²) in [6.07, 6.45) is 7.65. The molecule has 1 saturated heterocycles. The molecule has 6 nitrogen and oxygen atoms in total. The summed E-state index contributed by atoms with van der Waals surface area (Å²) in [6, 6.07) is 8.66. The molecule has 4 rings (SSSR count). The Morgan fingerprint density at radius 2 is 2.00 bits per heavy atom. The van der Waals surface area contributed by atoms with Crippen LogP contribution in [0, 0.1) is 0 Å². The number of rotatable bonds is 5. The smallest absolute Gasteiger partial charge is 0.0970 e. The monoisotopic (exact) mass is 379 g/mol. The summed E-state index contributed by atoms with van der Waals surface area (Å²) >= 11 is 0. The molecule has 0 aromatic carbocycles. The highest BCUT2D eigenvalue weighted by Crippen LogP contribution is 2.37. The van der Waals surface area contributed by atoms with Gasteiger partial charge in [0, 0.05) is 55.5 Å². The van der Waals surface area contributed by atoms with Crippen molar-refractivity contribution in [3.63, 3.8) is 0 Å². The minimum atomic E-state index is -0.233. The normalized spacial score (nSPS) is 17.4. The second-order valence-corrected chi connectivity index (χ2v) is 7.83. The van der Waals surface area contributed by atoms with Crippen molar-refractivity contribution in [2.75, 3.05) is 25.4 Å². The van der Waals surface area contributed by atoms with Crippen LogP contribution < -0.4 is 5.73 Å². The van der Waals surface area contributed by atoms with E-state index in [1.165, 1.54) is 5.56 Å². The molecule has 28 heavy (non-hydrogen) atoms. The summed E-state index contributed by atoms with van der Waals surface area (Å²) in [5.41, 5.74) is 10.5. The second-order valence-electron chi connectivity index (χ2n) is 7.83. The van der Waals surface area contributed by atoms with Gasteiger partial charge < -0.3 is 15.4 Å². The number of hydrogen-bond donors (Lipinski definition) is 1. The second kappa shape index (κ2) is 7.53. The molecule has 0 amide bonds. The van der Waals surface area contributed by atoms with Crippen molar-refractivity contribution in [2.24, 2.45) is 0 Å². The summed E-state index contributed by atoms with van der Waals surface area (Å²) in [5.74, 6) is 0. The molecule has 0 bridgehead atoms. The Balaban J connectivity index is 1.61. The van der Waals surface area contributed by atoms with E-state index in [1.54, 1.807) is 10.7 Å². The third-order valence-electron chi connectivity index (χ3n) is 5.88. The van der Waals surface area contributed by atoms with Crippen molar-refractivity contribution in [1.29, 1.82) is 0 Å². The van der Waals surface area contributed by atoms with Gasteiger partial charge in [-0.25, -0.2) is 4.52 Å². The van der Waals surface area contributed by atoms with Crippen LogP contribution in [0.1, 0.15) is 39.2 Å². The highest BCUT2D eigenvalue weighted by Gasteiger charge is 2.37. The van der Waals surface area contributed by atoms with E-state index >= 15 is 0 Å². The van der Waals surface area contributed by atoms with Crippen LogP contribution in [0.15, 0.2) is 42.9 Å². The van der Waals surface area contributed by atoms with Gasteiger partial charge in [0.1, 0.15) is 0 Å². The molecule has 1 fully saturated rings. The Morgan fingerprint density at radius 1 is 1.21 bits per heavy atom. The number of nitrogens with zero attached hydrogens (tertiary/aromatic N) is 4. The summed E-state index contributed by atoms with van der Waals surface area (Å²) < 4.78 is 8.09. The minimum Gasteiger partial charge on any atom is -0.397 e. The topological polar surface area (TPSA) is 68.7 Å². The lowest BCUT2D eigenvalue weighted by Gasteiger charge is -2.43. The van der Waals surface area contributed by atoms with E-state index in [0.717, 1.165) is 42.7 Å². The Bertz CT molecular complexity index is 939. The standard InChI is InChI=1S/C22H29N5O/c1-4-28-22(8-11-26(12-9-22)16(2)3)18-5-6-20(24-14-18)17-13-21-19(23)7-10-25-27(21)15-17/h5-7,10,13-16H,4,8-9,11-12,23H2,1-3H3. The van der Waals surface area contributed by atoms with Crippen LogP contribution in [-0.2, 0) is 10.3 Å². The number of ether oxygens (including phenoxy) is 1. The first kappa shape index (κ1) is 18.9. The Kier molecular flexibility index (Phi) is 5.08. The van der Waals surface area contributed by atoms with Gasteiger partial charge in [0.15, 0.2) is 0 Å². The van der Waals surface area contributed by atoms with Crippen LogP contribution in [-0.4, -0.2) is 45.2 Å². The van der Waals surface area contributed by atoms with Crippen molar-refractivity contribution in [3.8, 4) is 11.3 Å². The Hall–Kier alpha value is -2.44. The molecule has 0 unspecified atom stereocenters. The van der Waals surface area contributed by atoms with Crippen LogP contribution >= 0.6 is 0 Å². The maximum Gasteiger partial charge on any atom is 0.0970 e. The third-order valence-corrected chi connectivity index (χ3v) is 5.88. The van der Waals surface area contributed by atoms with E-state index in [9.17, 15) is 0 Å². The van der Waals surface area contributed by atoms with Gasteiger partial charge in [-0.05, 0) is 51.8 Å². The first-order chi connectivity index (χ1) is 13.5. The molecule has 3 aromatic heterocycles. The fraction of sp³-hybridized carbons (Fsp3) is 0.455. The lowest BCUT2D eigenvalue weighted by atomic mass is 9.84.